The number of benzene rings is 2. The summed E-state index contributed by atoms with van der Waals surface area (Å²) in [7, 11) is 0. The lowest BCUT2D eigenvalue weighted by atomic mass is 10.0. The molecule has 0 bridgehead atoms. The van der Waals surface area contributed by atoms with Crippen LogP contribution < -0.4 is 15.7 Å². The summed E-state index contributed by atoms with van der Waals surface area (Å²) in [6.45, 7) is 2.41. The molecule has 3 aromatic rings. The minimum absolute atomic E-state index is 0.0682. The van der Waals surface area contributed by atoms with Crippen LogP contribution >= 0.6 is 0 Å². The molecule has 0 unspecified atom stereocenters. The highest BCUT2D eigenvalue weighted by Gasteiger charge is 2.22. The van der Waals surface area contributed by atoms with Gasteiger partial charge in [-0.05, 0) is 61.4 Å². The van der Waals surface area contributed by atoms with Crippen molar-refractivity contribution >= 4 is 16.9 Å². The molecule has 5 nitrogen and oxygen atoms in total. The van der Waals surface area contributed by atoms with Gasteiger partial charge in [-0.25, -0.2) is 4.79 Å². The summed E-state index contributed by atoms with van der Waals surface area (Å²) in [5, 5.41) is 3.72. The number of fused-ring (bicyclic) bond motifs is 3. The number of carbonyl (C=O) groups excluding carboxylic acids is 1. The molecule has 28 heavy (non-hydrogen) atoms. The van der Waals surface area contributed by atoms with E-state index in [9.17, 15) is 9.59 Å². The van der Waals surface area contributed by atoms with Crippen LogP contribution in [0.1, 0.15) is 28.7 Å². The van der Waals surface area contributed by atoms with Gasteiger partial charge in [-0.3, -0.25) is 4.79 Å². The van der Waals surface area contributed by atoms with E-state index in [1.165, 1.54) is 5.56 Å². The van der Waals surface area contributed by atoms with Crippen LogP contribution in [0.25, 0.3) is 11.0 Å². The predicted molar refractivity (Wildman–Crippen MR) is 108 cm³/mol. The summed E-state index contributed by atoms with van der Waals surface area (Å²) in [4.78, 5) is 24.4. The fraction of sp³-hybridized carbons (Fsp3) is 0.304. The molecule has 4 rings (SSSR count). The summed E-state index contributed by atoms with van der Waals surface area (Å²) in [5.74, 6) is 0.440. The molecule has 0 spiro atoms. The van der Waals surface area contributed by atoms with Gasteiger partial charge in [-0.2, -0.15) is 0 Å². The quantitative estimate of drug-likeness (QED) is 0.669. The standard InChI is InChI=1S/C23H23NO4/c1-15-12-19(22-17-8-5-9-18(17)23(26)28-20(22)13-15)27-14-21(25)24-11-10-16-6-3-2-4-7-16/h2-4,6-7,12-13H,5,8-11,14H2,1H3,(H,24,25). The molecule has 144 valence electrons. The van der Waals surface area contributed by atoms with Crippen molar-refractivity contribution in [2.75, 3.05) is 13.2 Å². The highest BCUT2D eigenvalue weighted by atomic mass is 16.5. The molecule has 5 heteroatoms. The summed E-state index contributed by atoms with van der Waals surface area (Å²) < 4.78 is 11.4. The number of hydrogen-bond donors (Lipinski definition) is 1. The average molecular weight is 377 g/mol. The fourth-order valence-corrected chi connectivity index (χ4v) is 3.80. The Morgan fingerprint density at radius 1 is 1.14 bits per heavy atom. The van der Waals surface area contributed by atoms with E-state index in [1.54, 1.807) is 0 Å². The van der Waals surface area contributed by atoms with Crippen molar-refractivity contribution in [2.45, 2.75) is 32.6 Å². The lowest BCUT2D eigenvalue weighted by Crippen LogP contribution is -2.30. The topological polar surface area (TPSA) is 68.5 Å². The average Bonchev–Trinajstić information content (AvgIpc) is 3.17. The molecule has 1 aromatic heterocycles. The second-order valence-corrected chi connectivity index (χ2v) is 7.21. The van der Waals surface area contributed by atoms with Crippen molar-refractivity contribution in [3.8, 4) is 5.75 Å². The van der Waals surface area contributed by atoms with Crippen LogP contribution in [0.5, 0.6) is 5.75 Å². The molecule has 1 heterocycles. The molecular formula is C23H23NO4. The molecular weight excluding hydrogens is 354 g/mol. The maximum absolute atomic E-state index is 12.2. The van der Waals surface area contributed by atoms with Crippen molar-refractivity contribution in [2.24, 2.45) is 0 Å². The van der Waals surface area contributed by atoms with Gasteiger partial charge in [0.15, 0.2) is 6.61 Å². The Balaban J connectivity index is 1.46. The van der Waals surface area contributed by atoms with Gasteiger partial charge in [-0.15, -0.1) is 0 Å². The van der Waals surface area contributed by atoms with E-state index in [0.717, 1.165) is 47.8 Å². The Bertz CT molecular complexity index is 1070. The highest BCUT2D eigenvalue weighted by molar-refractivity contribution is 5.89. The van der Waals surface area contributed by atoms with Crippen molar-refractivity contribution in [3.05, 3.63) is 75.1 Å². The molecule has 0 aliphatic heterocycles. The summed E-state index contributed by atoms with van der Waals surface area (Å²) in [6.07, 6.45) is 3.28. The Labute approximate surface area is 163 Å². The van der Waals surface area contributed by atoms with Crippen molar-refractivity contribution in [1.82, 2.24) is 5.32 Å². The first kappa shape index (κ1) is 18.3. The van der Waals surface area contributed by atoms with Gasteiger partial charge >= 0.3 is 5.63 Å². The third-order valence-corrected chi connectivity index (χ3v) is 5.12. The smallest absolute Gasteiger partial charge is 0.339 e. The second-order valence-electron chi connectivity index (χ2n) is 7.21. The molecule has 1 amide bonds. The van der Waals surface area contributed by atoms with Gasteiger partial charge in [-0.1, -0.05) is 30.3 Å². The number of carbonyl (C=O) groups is 1. The molecule has 0 saturated heterocycles. The van der Waals surface area contributed by atoms with Crippen LogP contribution in [0.2, 0.25) is 0 Å². The van der Waals surface area contributed by atoms with Gasteiger partial charge in [0.2, 0.25) is 0 Å². The van der Waals surface area contributed by atoms with E-state index in [0.29, 0.717) is 17.9 Å². The van der Waals surface area contributed by atoms with Crippen LogP contribution in [0.4, 0.5) is 0 Å². The number of nitrogens with one attached hydrogen (secondary N) is 1. The molecule has 0 saturated carbocycles. The summed E-state index contributed by atoms with van der Waals surface area (Å²) >= 11 is 0. The maximum Gasteiger partial charge on any atom is 0.339 e. The zero-order valence-electron chi connectivity index (χ0n) is 15.9. The molecule has 1 aliphatic rings. The van der Waals surface area contributed by atoms with E-state index in [1.807, 2.05) is 49.4 Å². The van der Waals surface area contributed by atoms with Crippen LogP contribution in [0.15, 0.2) is 51.7 Å². The number of ether oxygens (including phenoxy) is 1. The zero-order chi connectivity index (χ0) is 19.5. The lowest BCUT2D eigenvalue weighted by molar-refractivity contribution is -0.123. The molecule has 0 radical (unpaired) electrons. The normalized spacial score (nSPS) is 12.8. The largest absolute Gasteiger partial charge is 0.483 e. The van der Waals surface area contributed by atoms with Gasteiger partial charge in [0.05, 0.1) is 5.39 Å². The lowest BCUT2D eigenvalue weighted by Gasteiger charge is -2.13. The van der Waals surface area contributed by atoms with Crippen LogP contribution in [0.3, 0.4) is 0 Å². The van der Waals surface area contributed by atoms with Crippen LogP contribution in [-0.4, -0.2) is 19.1 Å². The minimum atomic E-state index is -0.254. The van der Waals surface area contributed by atoms with E-state index in [-0.39, 0.29) is 18.1 Å². The Morgan fingerprint density at radius 2 is 1.93 bits per heavy atom. The van der Waals surface area contributed by atoms with E-state index < -0.39 is 0 Å². The second kappa shape index (κ2) is 7.89. The monoisotopic (exact) mass is 377 g/mol. The fourth-order valence-electron chi connectivity index (χ4n) is 3.80. The molecule has 1 aliphatic carbocycles. The molecule has 0 atom stereocenters. The van der Waals surface area contributed by atoms with Crippen LogP contribution in [0, 0.1) is 6.92 Å². The highest BCUT2D eigenvalue weighted by Crippen LogP contribution is 2.35. The van der Waals surface area contributed by atoms with E-state index in [2.05, 4.69) is 5.32 Å². The SMILES string of the molecule is Cc1cc(OCC(=O)NCCc2ccccc2)c2c3c(c(=O)oc2c1)CCC3. The summed E-state index contributed by atoms with van der Waals surface area (Å²) in [5.41, 5.74) is 4.13. The van der Waals surface area contributed by atoms with Gasteiger partial charge in [0.25, 0.3) is 5.91 Å². The minimum Gasteiger partial charge on any atom is -0.483 e. The Kier molecular flexibility index (Phi) is 5.15. The van der Waals surface area contributed by atoms with E-state index in [4.69, 9.17) is 9.15 Å². The number of hydrogen-bond acceptors (Lipinski definition) is 4. The van der Waals surface area contributed by atoms with Gasteiger partial charge in [0, 0.05) is 12.1 Å². The van der Waals surface area contributed by atoms with Crippen molar-refractivity contribution in [3.63, 3.8) is 0 Å². The first-order valence-corrected chi connectivity index (χ1v) is 9.64. The molecule has 0 fully saturated rings. The van der Waals surface area contributed by atoms with Gasteiger partial charge in [0.1, 0.15) is 11.3 Å². The van der Waals surface area contributed by atoms with E-state index >= 15 is 0 Å². The zero-order valence-corrected chi connectivity index (χ0v) is 15.9. The number of aryl methyl sites for hydroxylation is 2. The Morgan fingerprint density at radius 3 is 2.75 bits per heavy atom. The third kappa shape index (κ3) is 3.79. The number of amides is 1. The third-order valence-electron chi connectivity index (χ3n) is 5.12. The number of rotatable bonds is 6. The maximum atomic E-state index is 12.2. The Hall–Kier alpha value is -3.08. The molecule has 1 N–H and O–H groups in total. The molecule has 2 aromatic carbocycles. The van der Waals surface area contributed by atoms with Gasteiger partial charge < -0.3 is 14.5 Å². The van der Waals surface area contributed by atoms with Crippen LogP contribution in [-0.2, 0) is 24.1 Å². The van der Waals surface area contributed by atoms with Crippen molar-refractivity contribution in [1.29, 1.82) is 0 Å². The summed E-state index contributed by atoms with van der Waals surface area (Å²) in [6, 6.07) is 13.8. The first-order valence-electron chi connectivity index (χ1n) is 9.64. The first-order chi connectivity index (χ1) is 13.6. The predicted octanol–water partition coefficient (Wildman–Crippen LogP) is 3.33. The van der Waals surface area contributed by atoms with Crippen molar-refractivity contribution < 1.29 is 13.9 Å².